The molecule has 0 saturated heterocycles. The zero-order valence-corrected chi connectivity index (χ0v) is 13.7. The van der Waals surface area contributed by atoms with Crippen LogP contribution >= 0.6 is 15.9 Å². The number of nitrogens with zero attached hydrogens (tertiary/aromatic N) is 3. The molecule has 0 radical (unpaired) electrons. The van der Waals surface area contributed by atoms with Crippen molar-refractivity contribution in [2.75, 3.05) is 5.32 Å². The second kappa shape index (κ2) is 7.15. The summed E-state index contributed by atoms with van der Waals surface area (Å²) in [5.74, 6) is 0.437. The minimum absolute atomic E-state index is 0.0823. The fraction of sp³-hybridized carbons (Fsp3) is 0.125. The van der Waals surface area contributed by atoms with Crippen molar-refractivity contribution in [3.05, 3.63) is 60.2 Å². The van der Waals surface area contributed by atoms with Crippen LogP contribution in [0.25, 0.3) is 11.4 Å². The summed E-state index contributed by atoms with van der Waals surface area (Å²) >= 11 is 3.44. The molecule has 0 aliphatic carbocycles. The first-order chi connectivity index (χ1) is 11.2. The number of aromatic nitrogens is 4. The normalized spacial score (nSPS) is 11.9. The van der Waals surface area contributed by atoms with Crippen LogP contribution in [0.2, 0.25) is 0 Å². The van der Waals surface area contributed by atoms with Crippen LogP contribution in [0.1, 0.15) is 5.56 Å². The van der Waals surface area contributed by atoms with Gasteiger partial charge in [0, 0.05) is 11.3 Å². The highest BCUT2D eigenvalue weighted by Gasteiger charge is 2.15. The Morgan fingerprint density at radius 1 is 1.13 bits per heavy atom. The van der Waals surface area contributed by atoms with E-state index in [0.717, 1.165) is 16.8 Å². The number of anilines is 1. The number of alkyl halides is 1. The van der Waals surface area contributed by atoms with Gasteiger partial charge in [-0.15, -0.1) is 10.2 Å². The molecule has 1 aromatic heterocycles. The van der Waals surface area contributed by atoms with Gasteiger partial charge in [-0.25, -0.2) is 0 Å². The highest BCUT2D eigenvalue weighted by Crippen LogP contribution is 2.18. The molecule has 0 bridgehead atoms. The van der Waals surface area contributed by atoms with E-state index in [9.17, 15) is 4.79 Å². The zero-order chi connectivity index (χ0) is 16.1. The minimum Gasteiger partial charge on any atom is -0.325 e. The Bertz CT molecular complexity index is 759. The lowest BCUT2D eigenvalue weighted by Gasteiger charge is -2.11. The van der Waals surface area contributed by atoms with Crippen molar-refractivity contribution >= 4 is 27.5 Å². The average Bonchev–Trinajstić information content (AvgIpc) is 3.11. The number of hydrogen-bond donors (Lipinski definition) is 2. The van der Waals surface area contributed by atoms with E-state index in [4.69, 9.17) is 0 Å². The Balaban J connectivity index is 1.61. The second-order valence-electron chi connectivity index (χ2n) is 4.96. The molecular formula is C16H14BrN5O. The number of nitrogens with one attached hydrogen (secondary N) is 2. The van der Waals surface area contributed by atoms with Crippen LogP contribution in [0.4, 0.5) is 5.69 Å². The van der Waals surface area contributed by atoms with E-state index in [1.54, 1.807) is 0 Å². The fourth-order valence-corrected chi connectivity index (χ4v) is 2.61. The number of hydrogen-bond acceptors (Lipinski definition) is 4. The first kappa shape index (κ1) is 15.4. The van der Waals surface area contributed by atoms with Gasteiger partial charge in [-0.3, -0.25) is 4.79 Å². The van der Waals surface area contributed by atoms with Crippen molar-refractivity contribution in [1.82, 2.24) is 20.6 Å². The maximum Gasteiger partial charge on any atom is 0.238 e. The van der Waals surface area contributed by atoms with Crippen LogP contribution in [-0.4, -0.2) is 31.4 Å². The lowest BCUT2D eigenvalue weighted by molar-refractivity contribution is -0.115. The molecule has 116 valence electrons. The minimum atomic E-state index is -0.290. The molecule has 1 amide bonds. The number of benzene rings is 2. The summed E-state index contributed by atoms with van der Waals surface area (Å²) in [6, 6.07) is 17.2. The van der Waals surface area contributed by atoms with E-state index in [1.165, 1.54) is 0 Å². The largest absolute Gasteiger partial charge is 0.325 e. The quantitative estimate of drug-likeness (QED) is 0.675. The Morgan fingerprint density at radius 3 is 2.52 bits per heavy atom. The predicted molar refractivity (Wildman–Crippen MR) is 91.1 cm³/mol. The molecule has 0 fully saturated rings. The lowest BCUT2D eigenvalue weighted by Crippen LogP contribution is -2.24. The van der Waals surface area contributed by atoms with E-state index in [0.29, 0.717) is 12.2 Å². The Morgan fingerprint density at radius 2 is 1.87 bits per heavy atom. The number of halogens is 1. The third kappa shape index (κ3) is 4.01. The SMILES string of the molecule is O=C(Nc1ccc(-c2nn[nH]n2)cc1)C(Br)Cc1ccccc1. The highest BCUT2D eigenvalue weighted by atomic mass is 79.9. The summed E-state index contributed by atoms with van der Waals surface area (Å²) < 4.78 is 0. The maximum atomic E-state index is 12.2. The van der Waals surface area contributed by atoms with E-state index in [-0.39, 0.29) is 10.7 Å². The van der Waals surface area contributed by atoms with E-state index >= 15 is 0 Å². The van der Waals surface area contributed by atoms with Crippen molar-refractivity contribution in [2.24, 2.45) is 0 Å². The molecule has 3 aromatic rings. The van der Waals surface area contributed by atoms with Crippen LogP contribution in [0, 0.1) is 0 Å². The van der Waals surface area contributed by atoms with Gasteiger partial charge >= 0.3 is 0 Å². The van der Waals surface area contributed by atoms with Gasteiger partial charge in [-0.05, 0) is 41.5 Å². The van der Waals surface area contributed by atoms with Crippen molar-refractivity contribution in [2.45, 2.75) is 11.2 Å². The number of H-pyrrole nitrogens is 1. The Hall–Kier alpha value is -2.54. The summed E-state index contributed by atoms with van der Waals surface area (Å²) in [7, 11) is 0. The summed E-state index contributed by atoms with van der Waals surface area (Å²) in [6.45, 7) is 0. The lowest BCUT2D eigenvalue weighted by atomic mass is 10.1. The maximum absolute atomic E-state index is 12.2. The van der Waals surface area contributed by atoms with Gasteiger partial charge in [0.25, 0.3) is 0 Å². The van der Waals surface area contributed by atoms with Crippen molar-refractivity contribution in [3.63, 3.8) is 0 Å². The van der Waals surface area contributed by atoms with Crippen LogP contribution in [-0.2, 0) is 11.2 Å². The highest BCUT2D eigenvalue weighted by molar-refractivity contribution is 9.10. The van der Waals surface area contributed by atoms with Gasteiger partial charge in [-0.2, -0.15) is 5.21 Å². The number of amides is 1. The Labute approximate surface area is 141 Å². The average molecular weight is 372 g/mol. The van der Waals surface area contributed by atoms with Crippen LogP contribution in [0.15, 0.2) is 54.6 Å². The van der Waals surface area contributed by atoms with Gasteiger partial charge < -0.3 is 5.32 Å². The first-order valence-corrected chi connectivity index (χ1v) is 7.96. The van der Waals surface area contributed by atoms with Gasteiger partial charge in [0.15, 0.2) is 0 Å². The van der Waals surface area contributed by atoms with E-state index in [2.05, 4.69) is 41.9 Å². The van der Waals surface area contributed by atoms with E-state index in [1.807, 2.05) is 54.6 Å². The molecule has 3 rings (SSSR count). The molecule has 6 nitrogen and oxygen atoms in total. The van der Waals surface area contributed by atoms with Gasteiger partial charge in [0.2, 0.25) is 11.7 Å². The van der Waals surface area contributed by atoms with Crippen molar-refractivity contribution in [3.8, 4) is 11.4 Å². The van der Waals surface area contributed by atoms with E-state index < -0.39 is 0 Å². The van der Waals surface area contributed by atoms with Gasteiger partial charge in [0.1, 0.15) is 0 Å². The third-order valence-electron chi connectivity index (χ3n) is 3.30. The van der Waals surface area contributed by atoms with Crippen LogP contribution < -0.4 is 5.32 Å². The van der Waals surface area contributed by atoms with Gasteiger partial charge in [-0.1, -0.05) is 46.3 Å². The standard InChI is InChI=1S/C16H14BrN5O/c17-14(10-11-4-2-1-3-5-11)16(23)18-13-8-6-12(7-9-13)15-19-21-22-20-15/h1-9,14H,10H2,(H,18,23)(H,19,20,21,22). The number of carbonyl (C=O) groups is 1. The smallest absolute Gasteiger partial charge is 0.238 e. The number of tetrazole rings is 1. The number of carbonyl (C=O) groups excluding carboxylic acids is 1. The molecular weight excluding hydrogens is 358 g/mol. The van der Waals surface area contributed by atoms with Crippen LogP contribution in [0.3, 0.4) is 0 Å². The monoisotopic (exact) mass is 371 g/mol. The molecule has 1 unspecified atom stereocenters. The fourth-order valence-electron chi connectivity index (χ4n) is 2.12. The van der Waals surface area contributed by atoms with Crippen molar-refractivity contribution in [1.29, 1.82) is 0 Å². The molecule has 1 heterocycles. The summed E-state index contributed by atoms with van der Waals surface area (Å²) in [4.78, 5) is 11.9. The van der Waals surface area contributed by atoms with Crippen molar-refractivity contribution < 1.29 is 4.79 Å². The zero-order valence-electron chi connectivity index (χ0n) is 12.1. The summed E-state index contributed by atoms with van der Waals surface area (Å²) in [6.07, 6.45) is 0.633. The molecule has 0 saturated carbocycles. The molecule has 2 N–H and O–H groups in total. The molecule has 0 aliphatic rings. The summed E-state index contributed by atoms with van der Waals surface area (Å²) in [5.41, 5.74) is 2.66. The molecule has 7 heteroatoms. The topological polar surface area (TPSA) is 83.6 Å². The number of aromatic amines is 1. The summed E-state index contributed by atoms with van der Waals surface area (Å²) in [5, 5.41) is 16.6. The second-order valence-corrected chi connectivity index (χ2v) is 6.06. The third-order valence-corrected chi connectivity index (χ3v) is 4.04. The molecule has 1 atom stereocenters. The van der Waals surface area contributed by atoms with Gasteiger partial charge in [0.05, 0.1) is 4.83 Å². The Kier molecular flexibility index (Phi) is 4.77. The molecule has 0 aliphatic heterocycles. The number of rotatable bonds is 5. The molecule has 2 aromatic carbocycles. The van der Waals surface area contributed by atoms with Crippen LogP contribution in [0.5, 0.6) is 0 Å². The first-order valence-electron chi connectivity index (χ1n) is 7.05. The molecule has 0 spiro atoms. The molecule has 23 heavy (non-hydrogen) atoms. The predicted octanol–water partition coefficient (Wildman–Crippen LogP) is 2.81.